The van der Waals surface area contributed by atoms with Crippen molar-refractivity contribution in [3.63, 3.8) is 0 Å². The van der Waals surface area contributed by atoms with E-state index in [2.05, 4.69) is 0 Å². The summed E-state index contributed by atoms with van der Waals surface area (Å²) in [5, 5.41) is 0. The lowest BCUT2D eigenvalue weighted by Gasteiger charge is -2.11. The molecule has 1 heterocycles. The summed E-state index contributed by atoms with van der Waals surface area (Å²) in [7, 11) is 0. The van der Waals surface area contributed by atoms with Gasteiger partial charge in [-0.1, -0.05) is 0 Å². The summed E-state index contributed by atoms with van der Waals surface area (Å²) in [6, 6.07) is 0.429. The largest absolute Gasteiger partial charge is 0.370 e. The summed E-state index contributed by atoms with van der Waals surface area (Å²) >= 11 is 0. The van der Waals surface area contributed by atoms with Crippen molar-refractivity contribution in [3.05, 3.63) is 0 Å². The standard InChI is InChI=1S/C6H11NO/c7-4-1-2-5-6(3-4)8-5/h4-6H,1-3,7H2. The van der Waals surface area contributed by atoms with Crippen LogP contribution in [-0.2, 0) is 4.74 Å². The van der Waals surface area contributed by atoms with Crippen LogP contribution in [0.2, 0.25) is 0 Å². The second-order valence-electron chi connectivity index (χ2n) is 2.79. The highest BCUT2D eigenvalue weighted by atomic mass is 16.6. The smallest absolute Gasteiger partial charge is 0.0856 e. The van der Waals surface area contributed by atoms with Crippen molar-refractivity contribution >= 4 is 0 Å². The molecule has 8 heavy (non-hydrogen) atoms. The fourth-order valence-electron chi connectivity index (χ4n) is 1.44. The van der Waals surface area contributed by atoms with Gasteiger partial charge in [0.25, 0.3) is 0 Å². The van der Waals surface area contributed by atoms with Gasteiger partial charge in [0.2, 0.25) is 0 Å². The van der Waals surface area contributed by atoms with Crippen molar-refractivity contribution in [2.45, 2.75) is 37.5 Å². The van der Waals surface area contributed by atoms with Gasteiger partial charge in [0.05, 0.1) is 12.2 Å². The molecule has 2 aliphatic rings. The van der Waals surface area contributed by atoms with Gasteiger partial charge in [-0.15, -0.1) is 0 Å². The molecule has 0 amide bonds. The number of hydrogen-bond donors (Lipinski definition) is 1. The molecule has 2 fully saturated rings. The average molecular weight is 113 g/mol. The highest BCUT2D eigenvalue weighted by molar-refractivity contribution is 4.93. The Morgan fingerprint density at radius 1 is 1.25 bits per heavy atom. The molecular formula is C6H11NO. The van der Waals surface area contributed by atoms with E-state index >= 15 is 0 Å². The summed E-state index contributed by atoms with van der Waals surface area (Å²) in [5.41, 5.74) is 5.67. The normalized spacial score (nSPS) is 52.9. The molecule has 0 radical (unpaired) electrons. The molecule has 2 rings (SSSR count). The van der Waals surface area contributed by atoms with Crippen LogP contribution in [0.4, 0.5) is 0 Å². The summed E-state index contributed by atoms with van der Waals surface area (Å²) in [4.78, 5) is 0. The second-order valence-corrected chi connectivity index (χ2v) is 2.79. The molecule has 1 saturated heterocycles. The van der Waals surface area contributed by atoms with Gasteiger partial charge in [0, 0.05) is 6.04 Å². The maximum Gasteiger partial charge on any atom is 0.0856 e. The molecule has 0 bridgehead atoms. The first kappa shape index (κ1) is 4.77. The molecule has 46 valence electrons. The Hall–Kier alpha value is -0.0800. The van der Waals surface area contributed by atoms with Crippen molar-refractivity contribution < 1.29 is 4.74 Å². The van der Waals surface area contributed by atoms with E-state index in [9.17, 15) is 0 Å². The lowest BCUT2D eigenvalue weighted by atomic mass is 9.97. The van der Waals surface area contributed by atoms with Gasteiger partial charge in [-0.2, -0.15) is 0 Å². The Labute approximate surface area is 49.0 Å². The number of fused-ring (bicyclic) bond motifs is 1. The monoisotopic (exact) mass is 113 g/mol. The van der Waals surface area contributed by atoms with E-state index < -0.39 is 0 Å². The predicted molar refractivity (Wildman–Crippen MR) is 30.5 cm³/mol. The van der Waals surface area contributed by atoms with Crippen molar-refractivity contribution in [1.29, 1.82) is 0 Å². The van der Waals surface area contributed by atoms with E-state index in [1.54, 1.807) is 0 Å². The quantitative estimate of drug-likeness (QED) is 0.458. The Bertz CT molecular complexity index is 105. The van der Waals surface area contributed by atoms with Crippen LogP contribution in [0.5, 0.6) is 0 Å². The fraction of sp³-hybridized carbons (Fsp3) is 1.00. The van der Waals surface area contributed by atoms with Crippen LogP contribution >= 0.6 is 0 Å². The molecule has 2 heteroatoms. The topological polar surface area (TPSA) is 38.5 Å². The first-order chi connectivity index (χ1) is 3.86. The van der Waals surface area contributed by atoms with Gasteiger partial charge in [-0.05, 0) is 19.3 Å². The molecule has 0 aromatic heterocycles. The number of hydrogen-bond acceptors (Lipinski definition) is 2. The van der Waals surface area contributed by atoms with Crippen LogP contribution in [0.3, 0.4) is 0 Å². The zero-order valence-corrected chi connectivity index (χ0v) is 4.84. The minimum Gasteiger partial charge on any atom is -0.370 e. The zero-order chi connectivity index (χ0) is 5.56. The number of rotatable bonds is 0. The Kier molecular flexibility index (Phi) is 0.866. The Morgan fingerprint density at radius 2 is 2.12 bits per heavy atom. The SMILES string of the molecule is NC1CCC2OC2C1. The van der Waals surface area contributed by atoms with Crippen LogP contribution in [0.15, 0.2) is 0 Å². The van der Waals surface area contributed by atoms with Crippen molar-refractivity contribution in [1.82, 2.24) is 0 Å². The molecule has 2 N–H and O–H groups in total. The molecule has 0 aromatic carbocycles. The van der Waals surface area contributed by atoms with Crippen LogP contribution in [0, 0.1) is 0 Å². The minimum absolute atomic E-state index is 0.429. The molecular weight excluding hydrogens is 102 g/mol. The van der Waals surface area contributed by atoms with Crippen LogP contribution in [0.1, 0.15) is 19.3 Å². The van der Waals surface area contributed by atoms with Gasteiger partial charge in [-0.3, -0.25) is 0 Å². The Balaban J connectivity index is 1.93. The van der Waals surface area contributed by atoms with Gasteiger partial charge in [0.1, 0.15) is 0 Å². The lowest BCUT2D eigenvalue weighted by Crippen LogP contribution is -2.26. The third kappa shape index (κ3) is 0.644. The van der Waals surface area contributed by atoms with Crippen LogP contribution in [0.25, 0.3) is 0 Å². The number of epoxide rings is 1. The molecule has 3 atom stereocenters. The van der Waals surface area contributed by atoms with E-state index in [4.69, 9.17) is 10.5 Å². The molecule has 0 aromatic rings. The van der Waals surface area contributed by atoms with E-state index in [1.165, 1.54) is 12.8 Å². The molecule has 1 aliphatic heterocycles. The summed E-state index contributed by atoms with van der Waals surface area (Å²) < 4.78 is 5.27. The summed E-state index contributed by atoms with van der Waals surface area (Å²) in [6.45, 7) is 0. The highest BCUT2D eigenvalue weighted by Gasteiger charge is 2.42. The van der Waals surface area contributed by atoms with Crippen LogP contribution in [-0.4, -0.2) is 18.2 Å². The zero-order valence-electron chi connectivity index (χ0n) is 4.84. The maximum absolute atomic E-state index is 5.67. The lowest BCUT2D eigenvalue weighted by molar-refractivity contribution is 0.371. The second kappa shape index (κ2) is 1.45. The van der Waals surface area contributed by atoms with E-state index in [0.717, 1.165) is 6.42 Å². The number of nitrogens with two attached hydrogens (primary N) is 1. The van der Waals surface area contributed by atoms with Gasteiger partial charge >= 0.3 is 0 Å². The molecule has 0 spiro atoms. The summed E-state index contributed by atoms with van der Waals surface area (Å²) in [5.74, 6) is 0. The van der Waals surface area contributed by atoms with Gasteiger partial charge in [-0.25, -0.2) is 0 Å². The van der Waals surface area contributed by atoms with Crippen molar-refractivity contribution in [2.24, 2.45) is 5.73 Å². The van der Waals surface area contributed by atoms with Crippen molar-refractivity contribution in [2.75, 3.05) is 0 Å². The van der Waals surface area contributed by atoms with Crippen LogP contribution < -0.4 is 5.73 Å². The average Bonchev–Trinajstić information content (AvgIpc) is 2.43. The van der Waals surface area contributed by atoms with E-state index in [1.807, 2.05) is 0 Å². The number of ether oxygens (including phenoxy) is 1. The maximum atomic E-state index is 5.67. The third-order valence-electron chi connectivity index (χ3n) is 2.04. The Morgan fingerprint density at radius 3 is 2.75 bits per heavy atom. The first-order valence-electron chi connectivity index (χ1n) is 3.27. The predicted octanol–water partition coefficient (Wildman–Crippen LogP) is 0.265. The van der Waals surface area contributed by atoms with E-state index in [0.29, 0.717) is 18.2 Å². The first-order valence-corrected chi connectivity index (χ1v) is 3.27. The molecule has 1 saturated carbocycles. The summed E-state index contributed by atoms with van der Waals surface area (Å²) in [6.07, 6.45) is 4.63. The molecule has 1 aliphatic carbocycles. The fourth-order valence-corrected chi connectivity index (χ4v) is 1.44. The van der Waals surface area contributed by atoms with E-state index in [-0.39, 0.29) is 0 Å². The minimum atomic E-state index is 0.429. The van der Waals surface area contributed by atoms with Crippen molar-refractivity contribution in [3.8, 4) is 0 Å². The molecule has 3 unspecified atom stereocenters. The molecule has 2 nitrogen and oxygen atoms in total. The highest BCUT2D eigenvalue weighted by Crippen LogP contribution is 2.35. The van der Waals surface area contributed by atoms with Gasteiger partial charge < -0.3 is 10.5 Å². The third-order valence-corrected chi connectivity index (χ3v) is 2.04. The van der Waals surface area contributed by atoms with Gasteiger partial charge in [0.15, 0.2) is 0 Å².